The lowest BCUT2D eigenvalue weighted by atomic mass is 9.82. The molecule has 0 bridgehead atoms. The second-order valence-electron chi connectivity index (χ2n) is 6.86. The number of hydrazone groups is 1. The van der Waals surface area contributed by atoms with Gasteiger partial charge in [0.2, 0.25) is 0 Å². The van der Waals surface area contributed by atoms with E-state index in [-0.39, 0.29) is 5.91 Å². The van der Waals surface area contributed by atoms with Gasteiger partial charge in [0.1, 0.15) is 5.54 Å². The van der Waals surface area contributed by atoms with Crippen molar-refractivity contribution in [1.82, 2.24) is 10.3 Å². The smallest absolute Gasteiger partial charge is 0.346 e. The van der Waals surface area contributed by atoms with E-state index in [0.29, 0.717) is 25.8 Å². The molecule has 3 amide bonds. The fourth-order valence-corrected chi connectivity index (χ4v) is 3.49. The van der Waals surface area contributed by atoms with Crippen LogP contribution in [0, 0.1) is 11.3 Å². The highest BCUT2D eigenvalue weighted by Gasteiger charge is 2.51. The maximum absolute atomic E-state index is 12.7. The van der Waals surface area contributed by atoms with Crippen molar-refractivity contribution in [3.05, 3.63) is 29.8 Å². The van der Waals surface area contributed by atoms with Gasteiger partial charge in [-0.3, -0.25) is 4.79 Å². The van der Waals surface area contributed by atoms with E-state index in [4.69, 9.17) is 5.26 Å². The van der Waals surface area contributed by atoms with Gasteiger partial charge >= 0.3 is 6.03 Å². The summed E-state index contributed by atoms with van der Waals surface area (Å²) >= 11 is 0. The van der Waals surface area contributed by atoms with E-state index in [0.717, 1.165) is 35.5 Å². The third kappa shape index (κ3) is 3.54. The highest BCUT2D eigenvalue weighted by Crippen LogP contribution is 2.33. The van der Waals surface area contributed by atoms with Gasteiger partial charge in [0.15, 0.2) is 0 Å². The average Bonchev–Trinajstić information content (AvgIpc) is 2.88. The fraction of sp³-hybridized carbons (Fsp3) is 0.474. The van der Waals surface area contributed by atoms with Gasteiger partial charge in [0.25, 0.3) is 5.91 Å². The number of urea groups is 1. The summed E-state index contributed by atoms with van der Waals surface area (Å²) in [5, 5.41) is 16.6. The van der Waals surface area contributed by atoms with Gasteiger partial charge in [-0.05, 0) is 30.5 Å². The zero-order chi connectivity index (χ0) is 18.6. The highest BCUT2D eigenvalue weighted by molar-refractivity contribution is 6.07. The monoisotopic (exact) mass is 353 g/mol. The molecule has 0 unspecified atom stereocenters. The highest BCUT2D eigenvalue weighted by atomic mass is 16.2. The summed E-state index contributed by atoms with van der Waals surface area (Å²) in [7, 11) is 1.93. The van der Waals surface area contributed by atoms with E-state index in [1.54, 1.807) is 0 Å². The lowest BCUT2D eigenvalue weighted by Crippen LogP contribution is -2.48. The molecule has 1 spiro atoms. The minimum atomic E-state index is -0.750. The van der Waals surface area contributed by atoms with Gasteiger partial charge in [-0.2, -0.15) is 10.4 Å². The molecule has 1 N–H and O–H groups in total. The zero-order valence-corrected chi connectivity index (χ0v) is 14.9. The summed E-state index contributed by atoms with van der Waals surface area (Å²) in [5.41, 5.74) is 1.04. The molecule has 2 fully saturated rings. The van der Waals surface area contributed by atoms with Crippen LogP contribution in [0.3, 0.4) is 0 Å². The van der Waals surface area contributed by atoms with E-state index in [9.17, 15) is 9.59 Å². The summed E-state index contributed by atoms with van der Waals surface area (Å²) in [5.74, 6) is -0.244. The normalized spacial score (nSPS) is 19.0. The Morgan fingerprint density at radius 1 is 1.27 bits per heavy atom. The van der Waals surface area contributed by atoms with Gasteiger partial charge in [0, 0.05) is 19.3 Å². The van der Waals surface area contributed by atoms with Crippen LogP contribution in [0.25, 0.3) is 0 Å². The number of rotatable bonds is 5. The van der Waals surface area contributed by atoms with Gasteiger partial charge in [-0.15, -0.1) is 5.01 Å². The Hall–Kier alpha value is -2.88. The quantitative estimate of drug-likeness (QED) is 0.651. The molecule has 1 aliphatic carbocycles. The van der Waals surface area contributed by atoms with Crippen LogP contribution in [-0.4, -0.2) is 42.3 Å². The third-order valence-electron chi connectivity index (χ3n) is 5.06. The number of nitriles is 1. The van der Waals surface area contributed by atoms with Gasteiger partial charge < -0.3 is 10.2 Å². The SMILES string of the molecule is CN(CCC#N)c1ccc(/C=N\N2C(=O)NC3(CCCCC3)C2=O)cc1. The van der Waals surface area contributed by atoms with Crippen LogP contribution in [0.15, 0.2) is 29.4 Å². The van der Waals surface area contributed by atoms with E-state index >= 15 is 0 Å². The van der Waals surface area contributed by atoms with Crippen LogP contribution >= 0.6 is 0 Å². The Morgan fingerprint density at radius 2 is 1.96 bits per heavy atom. The number of hydrogen-bond donors (Lipinski definition) is 1. The summed E-state index contributed by atoms with van der Waals surface area (Å²) < 4.78 is 0. The van der Waals surface area contributed by atoms with Crippen molar-refractivity contribution in [3.63, 3.8) is 0 Å². The van der Waals surface area contributed by atoms with Gasteiger partial charge in [0.05, 0.1) is 18.7 Å². The molecule has 0 aromatic heterocycles. The Bertz CT molecular complexity index is 744. The minimum Gasteiger partial charge on any atom is -0.374 e. The number of nitrogens with zero attached hydrogens (tertiary/aromatic N) is 4. The molecule has 1 aromatic rings. The predicted molar refractivity (Wildman–Crippen MR) is 98.7 cm³/mol. The Labute approximate surface area is 153 Å². The van der Waals surface area contributed by atoms with E-state index < -0.39 is 11.6 Å². The third-order valence-corrected chi connectivity index (χ3v) is 5.06. The largest absolute Gasteiger partial charge is 0.374 e. The van der Waals surface area contributed by atoms with Crippen LogP contribution in [0.2, 0.25) is 0 Å². The van der Waals surface area contributed by atoms with Crippen LogP contribution in [0.1, 0.15) is 44.1 Å². The van der Waals surface area contributed by atoms with Crippen LogP contribution in [-0.2, 0) is 4.79 Å². The van der Waals surface area contributed by atoms with Crippen LogP contribution in [0.4, 0.5) is 10.5 Å². The molecule has 1 saturated heterocycles. The number of amides is 3. The first-order chi connectivity index (χ1) is 12.6. The number of carbonyl (C=O) groups excluding carboxylic acids is 2. The second-order valence-corrected chi connectivity index (χ2v) is 6.86. The molecular weight excluding hydrogens is 330 g/mol. The maximum atomic E-state index is 12.7. The topological polar surface area (TPSA) is 88.8 Å². The standard InChI is InChI=1S/C19H23N5O2/c1-23(13-5-12-20)16-8-6-15(7-9-16)14-21-24-17(25)19(22-18(24)26)10-3-2-4-11-19/h6-9,14H,2-5,10-11,13H2,1H3,(H,22,26)/b21-14-. The number of anilines is 1. The molecule has 7 nitrogen and oxygen atoms in total. The van der Waals surface area contributed by atoms with Crippen molar-refractivity contribution >= 4 is 23.8 Å². The van der Waals surface area contributed by atoms with Crippen LogP contribution in [0.5, 0.6) is 0 Å². The molecule has 3 rings (SSSR count). The molecule has 1 saturated carbocycles. The number of imide groups is 1. The Balaban J connectivity index is 1.67. The van der Waals surface area contributed by atoms with Crippen molar-refractivity contribution in [2.75, 3.05) is 18.5 Å². The van der Waals surface area contributed by atoms with Crippen LogP contribution < -0.4 is 10.2 Å². The molecule has 2 aliphatic rings. The number of nitrogens with one attached hydrogen (secondary N) is 1. The molecular formula is C19H23N5O2. The summed E-state index contributed by atoms with van der Waals surface area (Å²) in [4.78, 5) is 26.8. The summed E-state index contributed by atoms with van der Waals surface area (Å²) in [6, 6.07) is 9.27. The molecule has 0 atom stereocenters. The van der Waals surface area contributed by atoms with Crippen molar-refractivity contribution in [2.45, 2.75) is 44.1 Å². The van der Waals surface area contributed by atoms with E-state index in [1.807, 2.05) is 36.2 Å². The molecule has 0 radical (unpaired) electrons. The molecule has 1 aromatic carbocycles. The Morgan fingerprint density at radius 3 is 2.62 bits per heavy atom. The maximum Gasteiger partial charge on any atom is 0.346 e. The summed E-state index contributed by atoms with van der Waals surface area (Å²) in [6.45, 7) is 0.661. The van der Waals surface area contributed by atoms with Gasteiger partial charge in [-0.25, -0.2) is 4.79 Å². The molecule has 26 heavy (non-hydrogen) atoms. The average molecular weight is 353 g/mol. The van der Waals surface area contributed by atoms with Crippen molar-refractivity contribution in [1.29, 1.82) is 5.26 Å². The lowest BCUT2D eigenvalue weighted by molar-refractivity contribution is -0.132. The summed E-state index contributed by atoms with van der Waals surface area (Å²) in [6.07, 6.45) is 6.37. The van der Waals surface area contributed by atoms with Crippen molar-refractivity contribution < 1.29 is 9.59 Å². The lowest BCUT2D eigenvalue weighted by Gasteiger charge is -2.29. The van der Waals surface area contributed by atoms with E-state index in [2.05, 4.69) is 16.5 Å². The fourth-order valence-electron chi connectivity index (χ4n) is 3.49. The first-order valence-electron chi connectivity index (χ1n) is 8.95. The first-order valence-corrected chi connectivity index (χ1v) is 8.95. The predicted octanol–water partition coefficient (Wildman–Crippen LogP) is 2.63. The van der Waals surface area contributed by atoms with Gasteiger partial charge in [-0.1, -0.05) is 31.4 Å². The van der Waals surface area contributed by atoms with Crippen molar-refractivity contribution in [2.24, 2.45) is 5.10 Å². The minimum absolute atomic E-state index is 0.244. The zero-order valence-electron chi connectivity index (χ0n) is 14.9. The second kappa shape index (κ2) is 7.56. The Kier molecular flexibility index (Phi) is 5.21. The van der Waals surface area contributed by atoms with E-state index in [1.165, 1.54) is 6.21 Å². The molecule has 1 aliphatic heterocycles. The molecule has 1 heterocycles. The molecule has 136 valence electrons. The number of benzene rings is 1. The molecule has 7 heteroatoms. The van der Waals surface area contributed by atoms with Crippen molar-refractivity contribution in [3.8, 4) is 6.07 Å². The first kappa shape index (κ1) is 17.9. The number of hydrogen-bond acceptors (Lipinski definition) is 5. The number of carbonyl (C=O) groups is 2.